The summed E-state index contributed by atoms with van der Waals surface area (Å²) in [7, 11) is 1.30. The SMILES string of the molecule is C[N+](=O)c1cc(C(=O)N2CCOCC2)ccc1C=O. The normalized spacial score (nSPS) is 15.1. The molecule has 0 unspecified atom stereocenters. The summed E-state index contributed by atoms with van der Waals surface area (Å²) >= 11 is 0. The molecule has 0 radical (unpaired) electrons. The Labute approximate surface area is 110 Å². The fourth-order valence-electron chi connectivity index (χ4n) is 2.00. The van der Waals surface area contributed by atoms with E-state index in [0.717, 1.165) is 0 Å². The highest BCUT2D eigenvalue weighted by atomic mass is 16.5. The van der Waals surface area contributed by atoms with E-state index in [1.165, 1.54) is 19.2 Å². The van der Waals surface area contributed by atoms with Crippen molar-refractivity contribution in [1.82, 2.24) is 4.90 Å². The van der Waals surface area contributed by atoms with Gasteiger partial charge in [0.1, 0.15) is 0 Å². The van der Waals surface area contributed by atoms with Crippen LogP contribution in [0.5, 0.6) is 0 Å². The molecular formula is C13H15N2O4+. The van der Waals surface area contributed by atoms with Crippen molar-refractivity contribution in [2.75, 3.05) is 33.4 Å². The summed E-state index contributed by atoms with van der Waals surface area (Å²) in [6.45, 7) is 2.12. The number of amides is 1. The molecule has 0 spiro atoms. The van der Waals surface area contributed by atoms with Crippen LogP contribution < -0.4 is 0 Å². The molecule has 6 heteroatoms. The molecular weight excluding hydrogens is 248 g/mol. The van der Waals surface area contributed by atoms with Crippen LogP contribution in [0.25, 0.3) is 0 Å². The van der Waals surface area contributed by atoms with Crippen molar-refractivity contribution >= 4 is 17.9 Å². The van der Waals surface area contributed by atoms with E-state index in [1.807, 2.05) is 0 Å². The molecule has 2 rings (SSSR count). The number of hydrogen-bond donors (Lipinski definition) is 0. The van der Waals surface area contributed by atoms with Gasteiger partial charge in [0.2, 0.25) is 0 Å². The highest BCUT2D eigenvalue weighted by molar-refractivity contribution is 5.96. The first-order valence-corrected chi connectivity index (χ1v) is 6.00. The molecule has 1 aromatic rings. The molecule has 100 valence electrons. The summed E-state index contributed by atoms with van der Waals surface area (Å²) in [6.07, 6.45) is 0.604. The Morgan fingerprint density at radius 1 is 1.37 bits per heavy atom. The predicted octanol–water partition coefficient (Wildman–Crippen LogP) is 1.01. The maximum Gasteiger partial charge on any atom is 0.266 e. The van der Waals surface area contributed by atoms with E-state index < -0.39 is 0 Å². The van der Waals surface area contributed by atoms with Gasteiger partial charge in [0, 0.05) is 34.4 Å². The minimum atomic E-state index is -0.149. The third kappa shape index (κ3) is 2.85. The molecule has 1 fully saturated rings. The second kappa shape index (κ2) is 5.71. The number of nitrogens with zero attached hydrogens (tertiary/aromatic N) is 2. The van der Waals surface area contributed by atoms with E-state index in [0.29, 0.717) is 42.9 Å². The lowest BCUT2D eigenvalue weighted by atomic mass is 10.1. The predicted molar refractivity (Wildman–Crippen MR) is 67.8 cm³/mol. The van der Waals surface area contributed by atoms with Gasteiger partial charge in [-0.3, -0.25) is 9.59 Å². The van der Waals surface area contributed by atoms with Crippen LogP contribution >= 0.6 is 0 Å². The molecule has 0 saturated carbocycles. The molecule has 0 N–H and O–H groups in total. The Kier molecular flexibility index (Phi) is 4.01. The Morgan fingerprint density at radius 3 is 2.63 bits per heavy atom. The first-order chi connectivity index (χ1) is 9.13. The average molecular weight is 263 g/mol. The zero-order chi connectivity index (χ0) is 13.8. The van der Waals surface area contributed by atoms with Crippen LogP contribution in [0.1, 0.15) is 20.7 Å². The molecule has 0 atom stereocenters. The standard InChI is InChI=1S/C13H15N2O4/c1-14(18)12-8-10(2-3-11(12)9-16)13(17)15-4-6-19-7-5-15/h2-3,8-9H,4-7H2,1H3/q+1. The van der Waals surface area contributed by atoms with Crippen LogP contribution in [-0.2, 0) is 4.74 Å². The number of aldehydes is 1. The monoisotopic (exact) mass is 263 g/mol. The van der Waals surface area contributed by atoms with Crippen LogP contribution in [0, 0.1) is 4.91 Å². The molecule has 1 heterocycles. The Bertz CT molecular complexity index is 521. The first kappa shape index (κ1) is 13.4. The third-order valence-corrected chi connectivity index (χ3v) is 3.04. The van der Waals surface area contributed by atoms with E-state index in [1.54, 1.807) is 11.0 Å². The zero-order valence-electron chi connectivity index (χ0n) is 10.7. The van der Waals surface area contributed by atoms with Gasteiger partial charge in [-0.1, -0.05) is 0 Å². The Balaban J connectivity index is 2.29. The van der Waals surface area contributed by atoms with Gasteiger partial charge in [-0.2, -0.15) is 0 Å². The Morgan fingerprint density at radius 2 is 2.05 bits per heavy atom. The third-order valence-electron chi connectivity index (χ3n) is 3.04. The van der Waals surface area contributed by atoms with Crippen molar-refractivity contribution in [2.24, 2.45) is 0 Å². The maximum atomic E-state index is 12.2. The van der Waals surface area contributed by atoms with Gasteiger partial charge in [-0.15, -0.1) is 0 Å². The molecule has 1 amide bonds. The van der Waals surface area contributed by atoms with E-state index >= 15 is 0 Å². The second-order valence-electron chi connectivity index (χ2n) is 4.29. The zero-order valence-corrected chi connectivity index (χ0v) is 10.7. The lowest BCUT2D eigenvalue weighted by Crippen LogP contribution is -2.40. The van der Waals surface area contributed by atoms with Crippen molar-refractivity contribution in [2.45, 2.75) is 0 Å². The summed E-state index contributed by atoms with van der Waals surface area (Å²) < 4.78 is 5.77. The van der Waals surface area contributed by atoms with Crippen molar-refractivity contribution in [3.05, 3.63) is 34.2 Å². The fraction of sp³-hybridized carbons (Fsp3) is 0.385. The first-order valence-electron chi connectivity index (χ1n) is 6.00. The molecule has 0 bridgehead atoms. The van der Waals surface area contributed by atoms with Crippen molar-refractivity contribution in [3.63, 3.8) is 0 Å². The smallest absolute Gasteiger partial charge is 0.266 e. The van der Waals surface area contributed by atoms with Crippen LogP contribution in [0.3, 0.4) is 0 Å². The van der Waals surface area contributed by atoms with Gasteiger partial charge < -0.3 is 9.64 Å². The molecule has 6 nitrogen and oxygen atoms in total. The lowest BCUT2D eigenvalue weighted by molar-refractivity contribution is -0.428. The van der Waals surface area contributed by atoms with Crippen LogP contribution in [0.2, 0.25) is 0 Å². The van der Waals surface area contributed by atoms with Gasteiger partial charge in [0.05, 0.1) is 18.8 Å². The van der Waals surface area contributed by atoms with Gasteiger partial charge in [-0.25, -0.2) is 0 Å². The van der Waals surface area contributed by atoms with Gasteiger partial charge in [0.25, 0.3) is 11.6 Å². The number of morpholine rings is 1. The number of nitroso groups, excluding NO2 is 1. The van der Waals surface area contributed by atoms with Crippen molar-refractivity contribution < 1.29 is 19.1 Å². The molecule has 0 aliphatic carbocycles. The minimum Gasteiger partial charge on any atom is -0.378 e. The number of carbonyl (C=O) groups is 2. The Hall–Kier alpha value is -2.08. The molecule has 1 saturated heterocycles. The summed E-state index contributed by atoms with van der Waals surface area (Å²) in [5.74, 6) is -0.149. The van der Waals surface area contributed by atoms with E-state index in [2.05, 4.69) is 0 Å². The largest absolute Gasteiger partial charge is 0.378 e. The molecule has 19 heavy (non-hydrogen) atoms. The minimum absolute atomic E-state index is 0.149. The molecule has 0 aromatic heterocycles. The highest BCUT2D eigenvalue weighted by Gasteiger charge is 2.22. The summed E-state index contributed by atoms with van der Waals surface area (Å²) in [5.41, 5.74) is 0.885. The van der Waals surface area contributed by atoms with Crippen LogP contribution in [0.15, 0.2) is 18.2 Å². The van der Waals surface area contributed by atoms with Crippen molar-refractivity contribution in [1.29, 1.82) is 0 Å². The summed E-state index contributed by atoms with van der Waals surface area (Å²) in [4.78, 5) is 36.1. The molecule has 1 aliphatic heterocycles. The van der Waals surface area contributed by atoms with E-state index in [4.69, 9.17) is 4.74 Å². The van der Waals surface area contributed by atoms with Gasteiger partial charge in [0.15, 0.2) is 13.3 Å². The maximum absolute atomic E-state index is 12.2. The van der Waals surface area contributed by atoms with Crippen LogP contribution in [-0.4, -0.2) is 55.2 Å². The van der Waals surface area contributed by atoms with Gasteiger partial charge in [-0.05, 0) is 12.1 Å². The highest BCUT2D eigenvalue weighted by Crippen LogP contribution is 2.19. The second-order valence-corrected chi connectivity index (χ2v) is 4.29. The fourth-order valence-corrected chi connectivity index (χ4v) is 2.00. The lowest BCUT2D eigenvalue weighted by Gasteiger charge is -2.26. The summed E-state index contributed by atoms with van der Waals surface area (Å²) in [6, 6.07) is 4.51. The van der Waals surface area contributed by atoms with Gasteiger partial charge >= 0.3 is 0 Å². The number of rotatable bonds is 3. The van der Waals surface area contributed by atoms with Crippen LogP contribution in [0.4, 0.5) is 5.69 Å². The van der Waals surface area contributed by atoms with E-state index in [9.17, 15) is 14.5 Å². The summed E-state index contributed by atoms with van der Waals surface area (Å²) in [5, 5.41) is 0. The molecule has 1 aromatic carbocycles. The number of benzene rings is 1. The average Bonchev–Trinajstić information content (AvgIpc) is 2.46. The quantitative estimate of drug-likeness (QED) is 0.603. The number of ether oxygens (including phenoxy) is 1. The number of hydrogen-bond acceptors (Lipinski definition) is 4. The topological polar surface area (TPSA) is 66.7 Å². The van der Waals surface area contributed by atoms with Crippen molar-refractivity contribution in [3.8, 4) is 0 Å². The van der Waals surface area contributed by atoms with E-state index in [-0.39, 0.29) is 17.2 Å². The number of carbonyl (C=O) groups excluding carboxylic acids is 2. The molecule has 1 aliphatic rings.